The van der Waals surface area contributed by atoms with Crippen LogP contribution in [0.3, 0.4) is 0 Å². The molecule has 0 aliphatic rings. The Morgan fingerprint density at radius 1 is 1.62 bits per heavy atom. The number of nitrogens with one attached hydrogen (secondary N) is 2. The summed E-state index contributed by atoms with van der Waals surface area (Å²) in [5.74, 6) is 1.39. The maximum absolute atomic E-state index is 11.5. The van der Waals surface area contributed by atoms with Gasteiger partial charge >= 0.3 is 0 Å². The Morgan fingerprint density at radius 3 is 2.94 bits per heavy atom. The van der Waals surface area contributed by atoms with Crippen molar-refractivity contribution in [3.63, 3.8) is 0 Å². The van der Waals surface area contributed by atoms with Gasteiger partial charge in [0.05, 0.1) is 18.8 Å². The molecule has 0 bridgehead atoms. The van der Waals surface area contributed by atoms with E-state index >= 15 is 0 Å². The fourth-order valence-electron chi connectivity index (χ4n) is 1.22. The first-order chi connectivity index (χ1) is 7.63. The second-order valence-electron chi connectivity index (χ2n) is 3.76. The Balaban J connectivity index is 2.29. The minimum absolute atomic E-state index is 0.00475. The predicted octanol–water partition coefficient (Wildman–Crippen LogP) is 0.987. The number of carbonyl (C=O) groups is 1. The lowest BCUT2D eigenvalue weighted by Crippen LogP contribution is -2.42. The molecule has 5 nitrogen and oxygen atoms in total. The van der Waals surface area contributed by atoms with E-state index in [0.717, 1.165) is 12.2 Å². The fraction of sp³-hybridized carbons (Fsp3) is 0.636. The molecule has 0 fully saturated rings. The molecule has 1 aromatic heterocycles. The van der Waals surface area contributed by atoms with Gasteiger partial charge in [0.15, 0.2) is 0 Å². The van der Waals surface area contributed by atoms with E-state index in [2.05, 4.69) is 15.6 Å². The van der Waals surface area contributed by atoms with Gasteiger partial charge in [0, 0.05) is 6.54 Å². The molecule has 16 heavy (non-hydrogen) atoms. The van der Waals surface area contributed by atoms with Gasteiger partial charge < -0.3 is 9.73 Å². The Labute approximate surface area is 95.6 Å². The molecule has 1 amide bonds. The SMILES string of the molecule is CCCNC(=O)C(C)NCc1ncc(C)o1. The summed E-state index contributed by atoms with van der Waals surface area (Å²) in [5, 5.41) is 5.87. The smallest absolute Gasteiger partial charge is 0.236 e. The van der Waals surface area contributed by atoms with Crippen molar-refractivity contribution in [1.29, 1.82) is 0 Å². The van der Waals surface area contributed by atoms with Crippen molar-refractivity contribution in [3.8, 4) is 0 Å². The summed E-state index contributed by atoms with van der Waals surface area (Å²) in [5.41, 5.74) is 0. The molecule has 5 heteroatoms. The van der Waals surface area contributed by atoms with Gasteiger partial charge in [-0.25, -0.2) is 4.98 Å². The van der Waals surface area contributed by atoms with Crippen LogP contribution in [0.1, 0.15) is 31.9 Å². The number of nitrogens with zero attached hydrogens (tertiary/aromatic N) is 1. The highest BCUT2D eigenvalue weighted by atomic mass is 16.4. The monoisotopic (exact) mass is 225 g/mol. The van der Waals surface area contributed by atoms with Crippen molar-refractivity contribution >= 4 is 5.91 Å². The Hall–Kier alpha value is -1.36. The molecule has 0 radical (unpaired) electrons. The van der Waals surface area contributed by atoms with Crippen molar-refractivity contribution in [2.45, 2.75) is 39.8 Å². The van der Waals surface area contributed by atoms with Crippen molar-refractivity contribution in [2.75, 3.05) is 6.54 Å². The highest BCUT2D eigenvalue weighted by Crippen LogP contribution is 2.01. The molecule has 2 N–H and O–H groups in total. The van der Waals surface area contributed by atoms with Crippen molar-refractivity contribution in [3.05, 3.63) is 17.8 Å². The van der Waals surface area contributed by atoms with Gasteiger partial charge in [0.1, 0.15) is 5.76 Å². The van der Waals surface area contributed by atoms with Gasteiger partial charge in [0.25, 0.3) is 0 Å². The number of rotatable bonds is 6. The van der Waals surface area contributed by atoms with Crippen LogP contribution in [0.15, 0.2) is 10.6 Å². The molecule has 0 saturated carbocycles. The van der Waals surface area contributed by atoms with E-state index in [1.54, 1.807) is 6.20 Å². The van der Waals surface area contributed by atoms with Gasteiger partial charge in [-0.3, -0.25) is 10.1 Å². The number of hydrogen-bond donors (Lipinski definition) is 2. The molecule has 1 rings (SSSR count). The average Bonchev–Trinajstić information content (AvgIpc) is 2.68. The Bertz CT molecular complexity index is 336. The molecule has 0 spiro atoms. The summed E-state index contributed by atoms with van der Waals surface area (Å²) < 4.78 is 5.29. The van der Waals surface area contributed by atoms with Crippen LogP contribution in [0.25, 0.3) is 0 Å². The summed E-state index contributed by atoms with van der Waals surface area (Å²) in [4.78, 5) is 15.6. The molecule has 1 aromatic rings. The average molecular weight is 225 g/mol. The van der Waals surface area contributed by atoms with Gasteiger partial charge in [-0.05, 0) is 20.3 Å². The lowest BCUT2D eigenvalue weighted by atomic mass is 10.3. The summed E-state index contributed by atoms with van der Waals surface area (Å²) in [6.07, 6.45) is 2.61. The van der Waals surface area contributed by atoms with E-state index in [0.29, 0.717) is 19.0 Å². The van der Waals surface area contributed by atoms with Crippen LogP contribution in [-0.2, 0) is 11.3 Å². The molecule has 0 aliphatic carbocycles. The van der Waals surface area contributed by atoms with Crippen LogP contribution in [0.5, 0.6) is 0 Å². The third-order valence-electron chi connectivity index (χ3n) is 2.17. The quantitative estimate of drug-likeness (QED) is 0.757. The third-order valence-corrected chi connectivity index (χ3v) is 2.17. The molecule has 0 aliphatic heterocycles. The van der Waals surface area contributed by atoms with E-state index in [-0.39, 0.29) is 11.9 Å². The van der Waals surface area contributed by atoms with Crippen LogP contribution < -0.4 is 10.6 Å². The summed E-state index contributed by atoms with van der Waals surface area (Å²) in [6, 6.07) is -0.237. The molecule has 1 heterocycles. The van der Waals surface area contributed by atoms with E-state index < -0.39 is 0 Å². The molecule has 90 valence electrons. The van der Waals surface area contributed by atoms with Crippen LogP contribution >= 0.6 is 0 Å². The first-order valence-electron chi connectivity index (χ1n) is 5.56. The molecule has 1 atom stereocenters. The zero-order valence-corrected chi connectivity index (χ0v) is 10.0. The molecular weight excluding hydrogens is 206 g/mol. The van der Waals surface area contributed by atoms with Gasteiger partial charge in [0.2, 0.25) is 11.8 Å². The molecular formula is C11H19N3O2. The highest BCUT2D eigenvalue weighted by Gasteiger charge is 2.12. The standard InChI is InChI=1S/C11H19N3O2/c1-4-5-12-11(15)9(3)13-7-10-14-6-8(2)16-10/h6,9,13H,4-5,7H2,1-3H3,(H,12,15). The first kappa shape index (κ1) is 12.7. The topological polar surface area (TPSA) is 67.2 Å². The maximum atomic E-state index is 11.5. The Morgan fingerprint density at radius 2 is 2.38 bits per heavy atom. The van der Waals surface area contributed by atoms with Crippen LogP contribution in [0, 0.1) is 6.92 Å². The van der Waals surface area contributed by atoms with Crippen LogP contribution in [0.4, 0.5) is 0 Å². The molecule has 1 unspecified atom stereocenters. The van der Waals surface area contributed by atoms with E-state index in [4.69, 9.17) is 4.42 Å². The zero-order chi connectivity index (χ0) is 12.0. The number of aryl methyl sites for hydroxylation is 1. The predicted molar refractivity (Wildman–Crippen MR) is 60.8 cm³/mol. The van der Waals surface area contributed by atoms with Gasteiger partial charge in [-0.2, -0.15) is 0 Å². The summed E-state index contributed by atoms with van der Waals surface area (Å²) in [6.45, 7) is 6.86. The number of amides is 1. The number of carbonyl (C=O) groups excluding carboxylic acids is 1. The second-order valence-corrected chi connectivity index (χ2v) is 3.76. The van der Waals surface area contributed by atoms with E-state index in [9.17, 15) is 4.79 Å². The molecule has 0 aromatic carbocycles. The number of oxazole rings is 1. The van der Waals surface area contributed by atoms with Gasteiger partial charge in [-0.1, -0.05) is 6.92 Å². The zero-order valence-electron chi connectivity index (χ0n) is 10.0. The van der Waals surface area contributed by atoms with E-state index in [1.165, 1.54) is 0 Å². The van der Waals surface area contributed by atoms with E-state index in [1.807, 2.05) is 20.8 Å². The summed E-state index contributed by atoms with van der Waals surface area (Å²) >= 11 is 0. The van der Waals surface area contributed by atoms with Crippen molar-refractivity contribution in [2.24, 2.45) is 0 Å². The largest absolute Gasteiger partial charge is 0.445 e. The minimum atomic E-state index is -0.237. The second kappa shape index (κ2) is 6.27. The van der Waals surface area contributed by atoms with Crippen LogP contribution in [0.2, 0.25) is 0 Å². The third kappa shape index (κ3) is 4.02. The normalized spacial score (nSPS) is 12.4. The van der Waals surface area contributed by atoms with Crippen LogP contribution in [-0.4, -0.2) is 23.5 Å². The minimum Gasteiger partial charge on any atom is -0.445 e. The summed E-state index contributed by atoms with van der Waals surface area (Å²) in [7, 11) is 0. The van der Waals surface area contributed by atoms with Crippen molar-refractivity contribution < 1.29 is 9.21 Å². The lowest BCUT2D eigenvalue weighted by Gasteiger charge is -2.12. The van der Waals surface area contributed by atoms with Gasteiger partial charge in [-0.15, -0.1) is 0 Å². The maximum Gasteiger partial charge on any atom is 0.236 e. The highest BCUT2D eigenvalue weighted by molar-refractivity contribution is 5.81. The van der Waals surface area contributed by atoms with Crippen molar-refractivity contribution in [1.82, 2.24) is 15.6 Å². The first-order valence-corrected chi connectivity index (χ1v) is 5.56. The Kier molecular flexibility index (Phi) is 4.98. The fourth-order valence-corrected chi connectivity index (χ4v) is 1.22. The lowest BCUT2D eigenvalue weighted by molar-refractivity contribution is -0.122. The number of hydrogen-bond acceptors (Lipinski definition) is 4. The number of aromatic nitrogens is 1. The molecule has 0 saturated heterocycles.